The highest BCUT2D eigenvalue weighted by atomic mass is 16.4. The van der Waals surface area contributed by atoms with E-state index in [1.54, 1.807) is 0 Å². The minimum Gasteiger partial charge on any atom is -0.481 e. The number of carbonyl (C=O) groups excluding carboxylic acids is 1. The molecule has 0 aromatic rings. The van der Waals surface area contributed by atoms with Gasteiger partial charge in [0.25, 0.3) is 0 Å². The Balaban J connectivity index is 1.98. The number of nitrogens with one attached hydrogen (secondary N) is 2. The van der Waals surface area contributed by atoms with Gasteiger partial charge >= 0.3 is 5.97 Å². The van der Waals surface area contributed by atoms with Crippen molar-refractivity contribution in [1.29, 1.82) is 0 Å². The fourth-order valence-corrected chi connectivity index (χ4v) is 2.01. The van der Waals surface area contributed by atoms with Crippen LogP contribution in [-0.2, 0) is 9.59 Å². The van der Waals surface area contributed by atoms with E-state index in [-0.39, 0.29) is 18.2 Å². The number of amides is 1. The van der Waals surface area contributed by atoms with Gasteiger partial charge in [0.05, 0.1) is 5.92 Å². The van der Waals surface area contributed by atoms with Crippen molar-refractivity contribution in [3.8, 4) is 0 Å². The molecule has 0 aromatic heterocycles. The molecule has 1 aliphatic heterocycles. The number of hydrogen-bond donors (Lipinski definition) is 3. The third-order valence-electron chi connectivity index (χ3n) is 3.03. The lowest BCUT2D eigenvalue weighted by molar-refractivity contribution is -0.137. The normalized spacial score (nSPS) is 19.9. The van der Waals surface area contributed by atoms with Gasteiger partial charge in [-0.05, 0) is 32.2 Å². The van der Waals surface area contributed by atoms with Crippen molar-refractivity contribution in [1.82, 2.24) is 10.6 Å². The molecule has 1 amide bonds. The van der Waals surface area contributed by atoms with E-state index in [9.17, 15) is 9.59 Å². The summed E-state index contributed by atoms with van der Waals surface area (Å²) in [6, 6.07) is 0. The fourth-order valence-electron chi connectivity index (χ4n) is 2.01. The molecule has 1 fully saturated rings. The second kappa shape index (κ2) is 8.06. The first kappa shape index (κ1) is 14.0. The van der Waals surface area contributed by atoms with Gasteiger partial charge in [0, 0.05) is 19.5 Å². The molecule has 1 atom stereocenters. The summed E-state index contributed by atoms with van der Waals surface area (Å²) in [5.41, 5.74) is 0. The quantitative estimate of drug-likeness (QED) is 0.576. The average molecular weight is 242 g/mol. The zero-order valence-corrected chi connectivity index (χ0v) is 10.2. The van der Waals surface area contributed by atoms with Gasteiger partial charge in [-0.2, -0.15) is 0 Å². The molecule has 5 heteroatoms. The van der Waals surface area contributed by atoms with E-state index in [2.05, 4.69) is 10.6 Å². The molecular formula is C12H22N2O3. The number of hydrogen-bond acceptors (Lipinski definition) is 3. The maximum atomic E-state index is 11.7. The fraction of sp³-hybridized carbons (Fsp3) is 0.833. The Bertz CT molecular complexity index is 250. The maximum absolute atomic E-state index is 11.7. The van der Waals surface area contributed by atoms with Crippen molar-refractivity contribution < 1.29 is 14.7 Å². The van der Waals surface area contributed by atoms with Crippen molar-refractivity contribution in [3.05, 3.63) is 0 Å². The topological polar surface area (TPSA) is 78.4 Å². The lowest BCUT2D eigenvalue weighted by atomic mass is 9.99. The molecule has 0 aromatic carbocycles. The number of aliphatic carboxylic acids is 1. The first-order chi connectivity index (χ1) is 8.20. The molecule has 1 rings (SSSR count). The number of carboxylic acids is 1. The van der Waals surface area contributed by atoms with Gasteiger partial charge < -0.3 is 15.7 Å². The summed E-state index contributed by atoms with van der Waals surface area (Å²) in [4.78, 5) is 22.0. The molecule has 1 aliphatic rings. The summed E-state index contributed by atoms with van der Waals surface area (Å²) < 4.78 is 0. The van der Waals surface area contributed by atoms with E-state index in [0.29, 0.717) is 13.0 Å². The second-order valence-corrected chi connectivity index (χ2v) is 4.54. The number of rotatable bonds is 7. The molecule has 0 spiro atoms. The minimum atomic E-state index is -0.748. The van der Waals surface area contributed by atoms with Crippen LogP contribution >= 0.6 is 0 Å². The number of unbranched alkanes of at least 4 members (excludes halogenated alkanes) is 2. The Kier molecular flexibility index (Phi) is 6.62. The first-order valence-electron chi connectivity index (χ1n) is 6.40. The highest BCUT2D eigenvalue weighted by molar-refractivity contribution is 5.78. The van der Waals surface area contributed by atoms with Crippen LogP contribution in [0, 0.1) is 5.92 Å². The van der Waals surface area contributed by atoms with Crippen LogP contribution in [0.4, 0.5) is 0 Å². The molecule has 0 saturated carbocycles. The first-order valence-corrected chi connectivity index (χ1v) is 6.40. The van der Waals surface area contributed by atoms with Gasteiger partial charge in [-0.3, -0.25) is 9.59 Å². The van der Waals surface area contributed by atoms with Crippen LogP contribution in [0.25, 0.3) is 0 Å². The van der Waals surface area contributed by atoms with E-state index in [0.717, 1.165) is 38.8 Å². The maximum Gasteiger partial charge on any atom is 0.303 e. The zero-order valence-electron chi connectivity index (χ0n) is 10.2. The smallest absolute Gasteiger partial charge is 0.303 e. The van der Waals surface area contributed by atoms with Gasteiger partial charge in [0.15, 0.2) is 0 Å². The van der Waals surface area contributed by atoms with E-state index in [1.165, 1.54) is 0 Å². The van der Waals surface area contributed by atoms with Gasteiger partial charge in [-0.1, -0.05) is 6.42 Å². The van der Waals surface area contributed by atoms with Gasteiger partial charge in [0.2, 0.25) is 5.91 Å². The van der Waals surface area contributed by atoms with Crippen LogP contribution in [-0.4, -0.2) is 36.6 Å². The van der Waals surface area contributed by atoms with Crippen LogP contribution in [0.1, 0.15) is 38.5 Å². The Hall–Kier alpha value is -1.10. The summed E-state index contributed by atoms with van der Waals surface area (Å²) in [6.07, 6.45) is 4.67. The van der Waals surface area contributed by atoms with Crippen molar-refractivity contribution in [2.75, 3.05) is 19.6 Å². The second-order valence-electron chi connectivity index (χ2n) is 4.54. The van der Waals surface area contributed by atoms with Crippen molar-refractivity contribution >= 4 is 11.9 Å². The van der Waals surface area contributed by atoms with Crippen LogP contribution < -0.4 is 10.6 Å². The molecule has 0 bridgehead atoms. The van der Waals surface area contributed by atoms with Crippen LogP contribution in [0.3, 0.4) is 0 Å². The molecule has 98 valence electrons. The summed E-state index contributed by atoms with van der Waals surface area (Å²) >= 11 is 0. The number of piperidine rings is 1. The standard InChI is InChI=1S/C12H22N2O3/c15-11(16)6-2-1-3-8-14-12(17)10-5-4-7-13-9-10/h10,13H,1-9H2,(H,14,17)(H,15,16)/t10-/m0/s1. The molecule has 17 heavy (non-hydrogen) atoms. The molecule has 1 heterocycles. The highest BCUT2D eigenvalue weighted by Crippen LogP contribution is 2.09. The Morgan fingerprint density at radius 3 is 2.76 bits per heavy atom. The van der Waals surface area contributed by atoms with Crippen LogP contribution in [0.2, 0.25) is 0 Å². The minimum absolute atomic E-state index is 0.114. The third-order valence-corrected chi connectivity index (χ3v) is 3.03. The van der Waals surface area contributed by atoms with Crippen molar-refractivity contribution in [3.63, 3.8) is 0 Å². The molecule has 0 aliphatic carbocycles. The average Bonchev–Trinajstić information content (AvgIpc) is 2.34. The van der Waals surface area contributed by atoms with Crippen LogP contribution in [0.15, 0.2) is 0 Å². The summed E-state index contributed by atoms with van der Waals surface area (Å²) in [5, 5.41) is 14.6. The van der Waals surface area contributed by atoms with Gasteiger partial charge in [-0.25, -0.2) is 0 Å². The summed E-state index contributed by atoms with van der Waals surface area (Å²) in [7, 11) is 0. The SMILES string of the molecule is O=C(O)CCCCCNC(=O)[C@H]1CCCNC1. The lowest BCUT2D eigenvalue weighted by Gasteiger charge is -2.21. The molecule has 1 saturated heterocycles. The Labute approximate surface area is 102 Å². The Morgan fingerprint density at radius 1 is 1.29 bits per heavy atom. The van der Waals surface area contributed by atoms with Crippen molar-refractivity contribution in [2.45, 2.75) is 38.5 Å². The van der Waals surface area contributed by atoms with E-state index >= 15 is 0 Å². The molecule has 3 N–H and O–H groups in total. The summed E-state index contributed by atoms with van der Waals surface area (Å²) in [5.74, 6) is -0.500. The van der Waals surface area contributed by atoms with E-state index < -0.39 is 5.97 Å². The largest absolute Gasteiger partial charge is 0.481 e. The molecule has 0 radical (unpaired) electrons. The molecular weight excluding hydrogens is 220 g/mol. The Morgan fingerprint density at radius 2 is 2.12 bits per heavy atom. The molecule has 0 unspecified atom stereocenters. The van der Waals surface area contributed by atoms with Gasteiger partial charge in [-0.15, -0.1) is 0 Å². The van der Waals surface area contributed by atoms with E-state index in [1.807, 2.05) is 0 Å². The highest BCUT2D eigenvalue weighted by Gasteiger charge is 2.19. The third kappa shape index (κ3) is 6.26. The van der Waals surface area contributed by atoms with Crippen molar-refractivity contribution in [2.24, 2.45) is 5.92 Å². The zero-order chi connectivity index (χ0) is 12.5. The number of carboxylic acid groups (broad SMARTS) is 1. The predicted molar refractivity (Wildman–Crippen MR) is 64.7 cm³/mol. The van der Waals surface area contributed by atoms with E-state index in [4.69, 9.17) is 5.11 Å². The van der Waals surface area contributed by atoms with Gasteiger partial charge in [0.1, 0.15) is 0 Å². The monoisotopic (exact) mass is 242 g/mol. The molecule has 5 nitrogen and oxygen atoms in total. The predicted octanol–water partition coefficient (Wildman–Crippen LogP) is 0.747. The summed E-state index contributed by atoms with van der Waals surface area (Å²) in [6.45, 7) is 2.46. The van der Waals surface area contributed by atoms with Crippen LogP contribution in [0.5, 0.6) is 0 Å². The lowest BCUT2D eigenvalue weighted by Crippen LogP contribution is -2.40. The number of carbonyl (C=O) groups is 2.